The Labute approximate surface area is 132 Å². The van der Waals surface area contributed by atoms with Gasteiger partial charge in [-0.1, -0.05) is 24.6 Å². The number of halogens is 1. The normalized spacial score (nSPS) is 26.2. The highest BCUT2D eigenvalue weighted by atomic mass is 35.5. The molecule has 2 aliphatic rings. The van der Waals surface area contributed by atoms with E-state index in [9.17, 15) is 0 Å². The lowest BCUT2D eigenvalue weighted by atomic mass is 10.1. The number of fused-ring (bicyclic) bond motifs is 1. The second kappa shape index (κ2) is 6.55. The Balaban J connectivity index is 1.60. The summed E-state index contributed by atoms with van der Waals surface area (Å²) < 4.78 is 5.63. The van der Waals surface area contributed by atoms with Crippen molar-refractivity contribution in [3.05, 3.63) is 28.8 Å². The van der Waals surface area contributed by atoms with Gasteiger partial charge in [0.25, 0.3) is 0 Å². The maximum absolute atomic E-state index is 6.32. The first-order valence-electron chi connectivity index (χ1n) is 8.01. The van der Waals surface area contributed by atoms with Crippen molar-refractivity contribution in [1.29, 1.82) is 0 Å². The molecular weight excluding hydrogens is 284 g/mol. The van der Waals surface area contributed by atoms with Gasteiger partial charge in [-0.15, -0.1) is 0 Å². The number of rotatable bonds is 5. The summed E-state index contributed by atoms with van der Waals surface area (Å²) in [6.07, 6.45) is 2.35. The van der Waals surface area contributed by atoms with Gasteiger partial charge in [0, 0.05) is 25.7 Å². The monoisotopic (exact) mass is 308 g/mol. The maximum Gasteiger partial charge on any atom is 0.137 e. The van der Waals surface area contributed by atoms with Crippen LogP contribution in [0.25, 0.3) is 0 Å². The van der Waals surface area contributed by atoms with Crippen LogP contribution in [0.3, 0.4) is 0 Å². The van der Waals surface area contributed by atoms with Crippen LogP contribution in [-0.2, 0) is 6.54 Å². The minimum atomic E-state index is 0.723. The molecule has 0 bridgehead atoms. The number of likely N-dealkylation sites (tertiary alicyclic amines) is 2. The average Bonchev–Trinajstić information content (AvgIpc) is 3.00. The summed E-state index contributed by atoms with van der Waals surface area (Å²) in [4.78, 5) is 5.07. The van der Waals surface area contributed by atoms with Crippen molar-refractivity contribution >= 4 is 11.6 Å². The molecule has 3 nitrogen and oxygen atoms in total. The summed E-state index contributed by atoms with van der Waals surface area (Å²) in [5.41, 5.74) is 1.28. The van der Waals surface area contributed by atoms with Gasteiger partial charge in [0.1, 0.15) is 5.75 Å². The van der Waals surface area contributed by atoms with Crippen molar-refractivity contribution in [2.75, 3.05) is 33.3 Å². The fourth-order valence-corrected chi connectivity index (χ4v) is 3.88. The summed E-state index contributed by atoms with van der Waals surface area (Å²) in [5.74, 6) is 1.66. The van der Waals surface area contributed by atoms with Crippen LogP contribution in [-0.4, -0.2) is 49.1 Å². The molecule has 2 saturated heterocycles. The van der Waals surface area contributed by atoms with Crippen molar-refractivity contribution < 1.29 is 4.74 Å². The van der Waals surface area contributed by atoms with Crippen molar-refractivity contribution in [3.8, 4) is 5.75 Å². The van der Waals surface area contributed by atoms with Crippen LogP contribution in [0.15, 0.2) is 18.2 Å². The largest absolute Gasteiger partial charge is 0.492 e. The first-order valence-corrected chi connectivity index (χ1v) is 8.39. The van der Waals surface area contributed by atoms with Crippen LogP contribution in [0.1, 0.15) is 25.3 Å². The minimum absolute atomic E-state index is 0.723. The summed E-state index contributed by atoms with van der Waals surface area (Å²) in [6, 6.07) is 6.97. The van der Waals surface area contributed by atoms with E-state index in [4.69, 9.17) is 16.3 Å². The van der Waals surface area contributed by atoms with Crippen molar-refractivity contribution in [3.63, 3.8) is 0 Å². The highest BCUT2D eigenvalue weighted by molar-refractivity contribution is 6.32. The van der Waals surface area contributed by atoms with E-state index < -0.39 is 0 Å². The van der Waals surface area contributed by atoms with E-state index in [1.807, 2.05) is 6.07 Å². The first kappa shape index (κ1) is 15.1. The van der Waals surface area contributed by atoms with Crippen LogP contribution in [0.2, 0.25) is 5.02 Å². The molecule has 0 saturated carbocycles. The van der Waals surface area contributed by atoms with Crippen LogP contribution < -0.4 is 4.74 Å². The van der Waals surface area contributed by atoms with Crippen molar-refractivity contribution in [2.45, 2.75) is 32.4 Å². The molecule has 1 aromatic rings. The van der Waals surface area contributed by atoms with Crippen LogP contribution in [0.4, 0.5) is 0 Å². The molecule has 3 rings (SSSR count). The number of hydrogen-bond donors (Lipinski definition) is 0. The molecule has 0 aromatic heterocycles. The van der Waals surface area contributed by atoms with E-state index in [1.165, 1.54) is 31.6 Å². The Bertz CT molecular complexity index is 494. The Morgan fingerprint density at radius 1 is 1.33 bits per heavy atom. The van der Waals surface area contributed by atoms with E-state index in [-0.39, 0.29) is 0 Å². The van der Waals surface area contributed by atoms with Gasteiger partial charge in [-0.25, -0.2) is 0 Å². The molecule has 116 valence electrons. The van der Waals surface area contributed by atoms with E-state index in [0.29, 0.717) is 0 Å². The number of nitrogens with zero attached hydrogens (tertiary/aromatic N) is 2. The first-order chi connectivity index (χ1) is 10.2. The van der Waals surface area contributed by atoms with Gasteiger partial charge in [-0.3, -0.25) is 4.90 Å². The van der Waals surface area contributed by atoms with Gasteiger partial charge < -0.3 is 9.64 Å². The van der Waals surface area contributed by atoms with Crippen LogP contribution in [0, 0.1) is 5.92 Å². The fourth-order valence-electron chi connectivity index (χ4n) is 3.62. The van der Waals surface area contributed by atoms with Gasteiger partial charge in [0.05, 0.1) is 11.6 Å². The summed E-state index contributed by atoms with van der Waals surface area (Å²) in [7, 11) is 2.25. The molecule has 1 aromatic carbocycles. The standard InChI is InChI=1S/C17H25ClN2O/c1-3-8-21-17-5-4-13(9-15(17)18)10-20-11-14-6-7-19(2)16(14)12-20/h4-5,9,14,16H,3,6-8,10-12H2,1-2H3/t14-,16+/m1/s1. The van der Waals surface area contributed by atoms with Gasteiger partial charge in [-0.2, -0.15) is 0 Å². The van der Waals surface area contributed by atoms with Gasteiger partial charge in [0.2, 0.25) is 0 Å². The Hall–Kier alpha value is -0.770. The molecule has 0 amide bonds. The molecule has 2 fully saturated rings. The Morgan fingerprint density at radius 2 is 2.19 bits per heavy atom. The smallest absolute Gasteiger partial charge is 0.137 e. The number of ether oxygens (including phenoxy) is 1. The highest BCUT2D eigenvalue weighted by Crippen LogP contribution is 2.32. The average molecular weight is 309 g/mol. The zero-order valence-corrected chi connectivity index (χ0v) is 13.8. The lowest BCUT2D eigenvalue weighted by Gasteiger charge is -2.20. The molecule has 21 heavy (non-hydrogen) atoms. The zero-order chi connectivity index (χ0) is 14.8. The van der Waals surface area contributed by atoms with Crippen molar-refractivity contribution in [1.82, 2.24) is 9.80 Å². The van der Waals surface area contributed by atoms with Gasteiger partial charge in [-0.05, 0) is 50.0 Å². The van der Waals surface area contributed by atoms with Gasteiger partial charge >= 0.3 is 0 Å². The third-order valence-corrected chi connectivity index (χ3v) is 5.06. The summed E-state index contributed by atoms with van der Waals surface area (Å²) >= 11 is 6.32. The second-order valence-corrected chi connectivity index (χ2v) is 6.81. The van der Waals surface area contributed by atoms with Crippen LogP contribution >= 0.6 is 11.6 Å². The fraction of sp³-hybridized carbons (Fsp3) is 0.647. The topological polar surface area (TPSA) is 15.7 Å². The number of likely N-dealkylation sites (N-methyl/N-ethyl adjacent to an activating group) is 1. The molecule has 0 N–H and O–H groups in total. The second-order valence-electron chi connectivity index (χ2n) is 6.40. The third kappa shape index (κ3) is 3.36. The van der Waals surface area contributed by atoms with Gasteiger partial charge in [0.15, 0.2) is 0 Å². The molecule has 2 aliphatic heterocycles. The van der Waals surface area contributed by atoms with E-state index >= 15 is 0 Å². The molecular formula is C17H25ClN2O. The quantitative estimate of drug-likeness (QED) is 0.830. The number of hydrogen-bond acceptors (Lipinski definition) is 3. The summed E-state index contributed by atoms with van der Waals surface area (Å²) in [5, 5.41) is 0.734. The summed E-state index contributed by atoms with van der Waals surface area (Å²) in [6.45, 7) is 7.49. The molecule has 2 atom stereocenters. The molecule has 4 heteroatoms. The highest BCUT2D eigenvalue weighted by Gasteiger charge is 2.39. The molecule has 0 radical (unpaired) electrons. The predicted molar refractivity (Wildman–Crippen MR) is 87.0 cm³/mol. The minimum Gasteiger partial charge on any atom is -0.492 e. The predicted octanol–water partition coefficient (Wildman–Crippen LogP) is 3.26. The van der Waals surface area contributed by atoms with E-state index in [0.717, 1.165) is 42.3 Å². The lowest BCUT2D eigenvalue weighted by Crippen LogP contribution is -2.31. The van der Waals surface area contributed by atoms with Crippen LogP contribution in [0.5, 0.6) is 5.75 Å². The number of benzene rings is 1. The SMILES string of the molecule is CCCOc1ccc(CN2C[C@H]3CCN(C)[C@H]3C2)cc1Cl. The molecule has 0 unspecified atom stereocenters. The van der Waals surface area contributed by atoms with Crippen molar-refractivity contribution in [2.24, 2.45) is 5.92 Å². The Morgan fingerprint density at radius 3 is 2.90 bits per heavy atom. The molecule has 0 aliphatic carbocycles. The lowest BCUT2D eigenvalue weighted by molar-refractivity contribution is 0.255. The molecule has 2 heterocycles. The maximum atomic E-state index is 6.32. The van der Waals surface area contributed by atoms with E-state index in [1.54, 1.807) is 0 Å². The Kier molecular flexibility index (Phi) is 4.72. The van der Waals surface area contributed by atoms with E-state index in [2.05, 4.69) is 35.9 Å². The zero-order valence-electron chi connectivity index (χ0n) is 13.0. The molecule has 0 spiro atoms. The third-order valence-electron chi connectivity index (χ3n) is 4.77.